The largest absolute Gasteiger partial charge is 0.501 e. The number of nitrogens with one attached hydrogen (secondary N) is 1. The van der Waals surface area contributed by atoms with Crippen LogP contribution < -0.4 is 5.56 Å². The molecule has 0 spiro atoms. The lowest BCUT2D eigenvalue weighted by Gasteiger charge is -2.11. The van der Waals surface area contributed by atoms with Gasteiger partial charge in [0.25, 0.3) is 5.56 Å². The van der Waals surface area contributed by atoms with E-state index >= 15 is 0 Å². The van der Waals surface area contributed by atoms with Gasteiger partial charge in [0, 0.05) is 11.4 Å². The number of aromatic amines is 1. The average molecular weight is 401 g/mol. The van der Waals surface area contributed by atoms with Gasteiger partial charge in [-0.2, -0.15) is 0 Å². The fourth-order valence-corrected chi connectivity index (χ4v) is 2.93. The third-order valence-electron chi connectivity index (χ3n) is 3.89. The normalized spacial score (nSPS) is 11.0. The molecule has 2 aromatic carbocycles. The van der Waals surface area contributed by atoms with Crippen LogP contribution in [0.2, 0.25) is 5.02 Å². The van der Waals surface area contributed by atoms with E-state index in [2.05, 4.69) is 4.98 Å². The highest BCUT2D eigenvalue weighted by molar-refractivity contribution is 7.71. The molecular formula is C20H17ClN2O3S. The highest BCUT2D eigenvalue weighted by atomic mass is 35.5. The minimum absolute atomic E-state index is 0.0539. The minimum atomic E-state index is -0.495. The second-order valence-electron chi connectivity index (χ2n) is 5.72. The number of rotatable bonds is 6. The Morgan fingerprint density at radius 3 is 2.56 bits per heavy atom. The van der Waals surface area contributed by atoms with Crippen molar-refractivity contribution in [2.45, 2.75) is 6.42 Å². The molecule has 0 aliphatic heterocycles. The van der Waals surface area contributed by atoms with Gasteiger partial charge in [0.1, 0.15) is 5.56 Å². The SMILES string of the molecule is O=c1[nH]c(=S)n(-c2ccc(Cl)cc2)c(O)c1C=COCCc1ccccc1. The third kappa shape index (κ3) is 4.67. The van der Waals surface area contributed by atoms with Crippen LogP contribution >= 0.6 is 23.8 Å². The molecule has 1 heterocycles. The molecule has 2 N–H and O–H groups in total. The van der Waals surface area contributed by atoms with E-state index < -0.39 is 5.56 Å². The van der Waals surface area contributed by atoms with Crippen LogP contribution in [0.3, 0.4) is 0 Å². The van der Waals surface area contributed by atoms with Gasteiger partial charge in [0.05, 0.1) is 18.6 Å². The molecule has 0 amide bonds. The third-order valence-corrected chi connectivity index (χ3v) is 4.42. The number of ether oxygens (including phenoxy) is 1. The average Bonchev–Trinajstić information content (AvgIpc) is 2.66. The lowest BCUT2D eigenvalue weighted by molar-refractivity contribution is 0.256. The fourth-order valence-electron chi connectivity index (χ4n) is 2.52. The molecule has 7 heteroatoms. The van der Waals surface area contributed by atoms with Crippen LogP contribution in [0, 0.1) is 4.77 Å². The number of halogens is 1. The van der Waals surface area contributed by atoms with Gasteiger partial charge in [0.2, 0.25) is 5.88 Å². The second-order valence-corrected chi connectivity index (χ2v) is 6.54. The van der Waals surface area contributed by atoms with Gasteiger partial charge >= 0.3 is 0 Å². The fraction of sp³-hybridized carbons (Fsp3) is 0.100. The maximum Gasteiger partial charge on any atom is 0.262 e. The Morgan fingerprint density at radius 1 is 1.15 bits per heavy atom. The van der Waals surface area contributed by atoms with Crippen molar-refractivity contribution in [2.24, 2.45) is 0 Å². The molecule has 0 aliphatic rings. The first-order valence-corrected chi connectivity index (χ1v) is 9.01. The number of benzene rings is 2. The number of hydrogen-bond donors (Lipinski definition) is 2. The molecular weight excluding hydrogens is 384 g/mol. The predicted octanol–water partition coefficient (Wildman–Crippen LogP) is 4.48. The van der Waals surface area contributed by atoms with Gasteiger partial charge in [-0.1, -0.05) is 41.9 Å². The zero-order chi connectivity index (χ0) is 19.2. The Hall–Kier alpha value is -2.83. The van der Waals surface area contributed by atoms with Crippen molar-refractivity contribution in [2.75, 3.05) is 6.61 Å². The van der Waals surface area contributed by atoms with E-state index in [0.717, 1.165) is 12.0 Å². The Morgan fingerprint density at radius 2 is 1.85 bits per heavy atom. The van der Waals surface area contributed by atoms with E-state index in [-0.39, 0.29) is 16.2 Å². The molecule has 5 nitrogen and oxygen atoms in total. The maximum atomic E-state index is 12.2. The number of nitrogens with zero attached hydrogens (tertiary/aromatic N) is 1. The lowest BCUT2D eigenvalue weighted by atomic mass is 10.2. The molecule has 0 atom stereocenters. The van der Waals surface area contributed by atoms with Crippen molar-refractivity contribution in [3.63, 3.8) is 0 Å². The molecule has 3 rings (SSSR count). The molecule has 0 aliphatic carbocycles. The number of H-pyrrole nitrogens is 1. The van der Waals surface area contributed by atoms with Crippen molar-refractivity contribution >= 4 is 29.9 Å². The van der Waals surface area contributed by atoms with Crippen LogP contribution in [0.5, 0.6) is 5.88 Å². The Labute approximate surface area is 166 Å². The van der Waals surface area contributed by atoms with E-state index in [9.17, 15) is 9.90 Å². The second kappa shape index (κ2) is 8.70. The molecule has 0 saturated carbocycles. The predicted molar refractivity (Wildman–Crippen MR) is 109 cm³/mol. The van der Waals surface area contributed by atoms with Crippen molar-refractivity contribution in [3.05, 3.63) is 92.1 Å². The standard InChI is InChI=1S/C20H17ClN2O3S/c21-15-6-8-16(9-7-15)23-19(25)17(18(24)22-20(23)27)11-13-26-12-10-14-4-2-1-3-5-14/h1-9,11,13,25H,10,12H2,(H,22,24,27). The van der Waals surface area contributed by atoms with Gasteiger partial charge < -0.3 is 9.84 Å². The quantitative estimate of drug-likeness (QED) is 0.363. The summed E-state index contributed by atoms with van der Waals surface area (Å²) in [7, 11) is 0. The van der Waals surface area contributed by atoms with Gasteiger partial charge in [-0.15, -0.1) is 0 Å². The Kier molecular flexibility index (Phi) is 6.11. The van der Waals surface area contributed by atoms with E-state index in [4.69, 9.17) is 28.6 Å². The monoisotopic (exact) mass is 400 g/mol. The maximum absolute atomic E-state index is 12.2. The Bertz CT molecular complexity index is 1060. The minimum Gasteiger partial charge on any atom is -0.501 e. The summed E-state index contributed by atoms with van der Waals surface area (Å²) in [6, 6.07) is 16.7. The summed E-state index contributed by atoms with van der Waals surface area (Å²) in [5.74, 6) is -0.269. The van der Waals surface area contributed by atoms with Gasteiger partial charge in [-0.25, -0.2) is 0 Å². The summed E-state index contributed by atoms with van der Waals surface area (Å²) < 4.78 is 6.89. The Balaban J connectivity index is 1.79. The van der Waals surface area contributed by atoms with Gasteiger partial charge in [-0.3, -0.25) is 14.3 Å². The van der Waals surface area contributed by atoms with Gasteiger partial charge in [-0.05, 0) is 48.1 Å². The molecule has 0 fully saturated rings. The zero-order valence-electron chi connectivity index (χ0n) is 14.3. The molecule has 0 radical (unpaired) electrons. The summed E-state index contributed by atoms with van der Waals surface area (Å²) in [4.78, 5) is 14.7. The summed E-state index contributed by atoms with van der Waals surface area (Å²) in [6.45, 7) is 0.454. The smallest absolute Gasteiger partial charge is 0.262 e. The summed E-state index contributed by atoms with van der Waals surface area (Å²) in [5, 5.41) is 11.1. The number of aromatic hydroxyl groups is 1. The zero-order valence-corrected chi connectivity index (χ0v) is 15.8. The van der Waals surface area contributed by atoms with E-state index in [0.29, 0.717) is 17.3 Å². The lowest BCUT2D eigenvalue weighted by Crippen LogP contribution is -2.15. The van der Waals surface area contributed by atoms with E-state index in [1.165, 1.54) is 16.9 Å². The van der Waals surface area contributed by atoms with Crippen LogP contribution in [0.15, 0.2) is 65.7 Å². The summed E-state index contributed by atoms with van der Waals surface area (Å²) >= 11 is 11.1. The van der Waals surface area contributed by atoms with Crippen LogP contribution in [0.4, 0.5) is 0 Å². The molecule has 0 bridgehead atoms. The molecule has 138 valence electrons. The first-order chi connectivity index (χ1) is 13.1. The number of aromatic nitrogens is 2. The topological polar surface area (TPSA) is 67.2 Å². The molecule has 1 aromatic heterocycles. The van der Waals surface area contributed by atoms with Crippen molar-refractivity contribution in [3.8, 4) is 11.6 Å². The van der Waals surface area contributed by atoms with Crippen LogP contribution in [0.1, 0.15) is 11.1 Å². The molecule has 0 unspecified atom stereocenters. The summed E-state index contributed by atoms with van der Waals surface area (Å²) in [5.41, 5.74) is 1.30. The van der Waals surface area contributed by atoms with Gasteiger partial charge in [0.15, 0.2) is 4.77 Å². The molecule has 27 heavy (non-hydrogen) atoms. The first-order valence-electron chi connectivity index (χ1n) is 8.22. The highest BCUT2D eigenvalue weighted by Crippen LogP contribution is 2.21. The first kappa shape index (κ1) is 18.9. The van der Waals surface area contributed by atoms with Crippen LogP contribution in [0.25, 0.3) is 11.8 Å². The van der Waals surface area contributed by atoms with Crippen molar-refractivity contribution < 1.29 is 9.84 Å². The van der Waals surface area contributed by atoms with Crippen molar-refractivity contribution in [1.82, 2.24) is 9.55 Å². The van der Waals surface area contributed by atoms with E-state index in [1.807, 2.05) is 30.3 Å². The molecule has 3 aromatic rings. The van der Waals surface area contributed by atoms with Crippen molar-refractivity contribution in [1.29, 1.82) is 0 Å². The van der Waals surface area contributed by atoms with Crippen LogP contribution in [-0.2, 0) is 11.2 Å². The van der Waals surface area contributed by atoms with Crippen LogP contribution in [-0.4, -0.2) is 21.3 Å². The highest BCUT2D eigenvalue weighted by Gasteiger charge is 2.12. The number of hydrogen-bond acceptors (Lipinski definition) is 4. The summed E-state index contributed by atoms with van der Waals surface area (Å²) in [6.07, 6.45) is 3.55. The molecule has 0 saturated heterocycles. The van der Waals surface area contributed by atoms with E-state index in [1.54, 1.807) is 24.3 Å².